The molecule has 1 N–H and O–H groups in total. The number of anilines is 1. The van der Waals surface area contributed by atoms with E-state index >= 15 is 0 Å². The van der Waals surface area contributed by atoms with Gasteiger partial charge in [-0.05, 0) is 62.8 Å². The van der Waals surface area contributed by atoms with Gasteiger partial charge >= 0.3 is 0 Å². The maximum atomic E-state index is 3.47. The highest BCUT2D eigenvalue weighted by Gasteiger charge is 2.21. The first-order valence-electron chi connectivity index (χ1n) is 8.18. The summed E-state index contributed by atoms with van der Waals surface area (Å²) in [5, 5.41) is 3.47. The smallest absolute Gasteiger partial charge is 0.0366 e. The SMILES string of the molecule is CCNC(C)c1ccc(N(C)C2CCC(C)CC2)cc1. The third-order valence-corrected chi connectivity index (χ3v) is 4.84. The van der Waals surface area contributed by atoms with Crippen LogP contribution in [0.2, 0.25) is 0 Å². The van der Waals surface area contributed by atoms with Gasteiger partial charge in [-0.2, -0.15) is 0 Å². The van der Waals surface area contributed by atoms with Crippen molar-refractivity contribution in [1.82, 2.24) is 5.32 Å². The van der Waals surface area contributed by atoms with Gasteiger partial charge in [-0.25, -0.2) is 0 Å². The predicted molar refractivity (Wildman–Crippen MR) is 88.4 cm³/mol. The van der Waals surface area contributed by atoms with Crippen molar-refractivity contribution < 1.29 is 0 Å². The molecular formula is C18H30N2. The van der Waals surface area contributed by atoms with E-state index in [0.717, 1.165) is 18.5 Å². The average molecular weight is 274 g/mol. The van der Waals surface area contributed by atoms with Crippen molar-refractivity contribution >= 4 is 5.69 Å². The minimum absolute atomic E-state index is 0.440. The van der Waals surface area contributed by atoms with Crippen LogP contribution in [0.4, 0.5) is 5.69 Å². The lowest BCUT2D eigenvalue weighted by Crippen LogP contribution is -2.34. The molecule has 0 radical (unpaired) electrons. The molecule has 1 aliphatic carbocycles. The molecular weight excluding hydrogens is 244 g/mol. The van der Waals surface area contributed by atoms with E-state index in [2.05, 4.69) is 62.3 Å². The maximum Gasteiger partial charge on any atom is 0.0366 e. The Labute approximate surface area is 124 Å². The zero-order chi connectivity index (χ0) is 14.5. The van der Waals surface area contributed by atoms with Crippen LogP contribution in [0.25, 0.3) is 0 Å². The number of rotatable bonds is 5. The van der Waals surface area contributed by atoms with Gasteiger partial charge in [0.25, 0.3) is 0 Å². The minimum atomic E-state index is 0.440. The van der Waals surface area contributed by atoms with E-state index in [9.17, 15) is 0 Å². The minimum Gasteiger partial charge on any atom is -0.372 e. The summed E-state index contributed by atoms with van der Waals surface area (Å²) in [6.45, 7) is 7.78. The molecule has 1 unspecified atom stereocenters. The summed E-state index contributed by atoms with van der Waals surface area (Å²) < 4.78 is 0. The fourth-order valence-electron chi connectivity index (χ4n) is 3.26. The lowest BCUT2D eigenvalue weighted by Gasteiger charge is -2.35. The second kappa shape index (κ2) is 7.12. The molecule has 0 saturated heterocycles. The first-order valence-corrected chi connectivity index (χ1v) is 8.18. The zero-order valence-corrected chi connectivity index (χ0v) is 13.5. The Hall–Kier alpha value is -1.02. The third-order valence-electron chi connectivity index (χ3n) is 4.84. The summed E-state index contributed by atoms with van der Waals surface area (Å²) in [5.74, 6) is 0.919. The van der Waals surface area contributed by atoms with E-state index in [1.807, 2.05) is 0 Å². The monoisotopic (exact) mass is 274 g/mol. The largest absolute Gasteiger partial charge is 0.372 e. The summed E-state index contributed by atoms with van der Waals surface area (Å²) in [6.07, 6.45) is 5.44. The van der Waals surface area contributed by atoms with Crippen molar-refractivity contribution in [3.63, 3.8) is 0 Å². The van der Waals surface area contributed by atoms with Gasteiger partial charge in [-0.3, -0.25) is 0 Å². The number of benzene rings is 1. The molecule has 20 heavy (non-hydrogen) atoms. The van der Waals surface area contributed by atoms with Crippen molar-refractivity contribution in [2.75, 3.05) is 18.5 Å². The number of nitrogens with one attached hydrogen (secondary N) is 1. The van der Waals surface area contributed by atoms with Crippen molar-refractivity contribution in [2.24, 2.45) is 5.92 Å². The Morgan fingerprint density at radius 2 is 1.75 bits per heavy atom. The van der Waals surface area contributed by atoms with Crippen LogP contribution in [0.1, 0.15) is 58.1 Å². The molecule has 0 aliphatic heterocycles. The van der Waals surface area contributed by atoms with Gasteiger partial charge in [-0.15, -0.1) is 0 Å². The van der Waals surface area contributed by atoms with Crippen LogP contribution >= 0.6 is 0 Å². The highest BCUT2D eigenvalue weighted by Crippen LogP contribution is 2.29. The molecule has 2 nitrogen and oxygen atoms in total. The Balaban J connectivity index is 1.98. The van der Waals surface area contributed by atoms with E-state index in [1.165, 1.54) is 36.9 Å². The van der Waals surface area contributed by atoms with Gasteiger partial charge in [0.2, 0.25) is 0 Å². The molecule has 0 spiro atoms. The van der Waals surface area contributed by atoms with Gasteiger partial charge < -0.3 is 10.2 Å². The summed E-state index contributed by atoms with van der Waals surface area (Å²) in [7, 11) is 2.25. The summed E-state index contributed by atoms with van der Waals surface area (Å²) in [6, 6.07) is 10.3. The molecule has 1 saturated carbocycles. The summed E-state index contributed by atoms with van der Waals surface area (Å²) >= 11 is 0. The van der Waals surface area contributed by atoms with Crippen LogP contribution in [0, 0.1) is 5.92 Å². The quantitative estimate of drug-likeness (QED) is 0.857. The molecule has 112 valence electrons. The van der Waals surface area contributed by atoms with Crippen molar-refractivity contribution in [3.05, 3.63) is 29.8 Å². The Morgan fingerprint density at radius 3 is 2.30 bits per heavy atom. The second-order valence-corrected chi connectivity index (χ2v) is 6.40. The van der Waals surface area contributed by atoms with Crippen LogP contribution in [0.3, 0.4) is 0 Å². The molecule has 1 fully saturated rings. The van der Waals surface area contributed by atoms with Crippen LogP contribution in [-0.4, -0.2) is 19.6 Å². The molecule has 1 aromatic rings. The normalized spacial score (nSPS) is 24.4. The van der Waals surface area contributed by atoms with Crippen LogP contribution in [0.15, 0.2) is 24.3 Å². The first kappa shape index (κ1) is 15.4. The average Bonchev–Trinajstić information content (AvgIpc) is 2.48. The van der Waals surface area contributed by atoms with E-state index in [1.54, 1.807) is 0 Å². The zero-order valence-electron chi connectivity index (χ0n) is 13.5. The Kier molecular flexibility index (Phi) is 5.47. The third kappa shape index (κ3) is 3.76. The van der Waals surface area contributed by atoms with Gasteiger partial charge in [0.15, 0.2) is 0 Å². The van der Waals surface area contributed by atoms with E-state index in [0.29, 0.717) is 6.04 Å². The first-order chi connectivity index (χ1) is 9.61. The Morgan fingerprint density at radius 1 is 1.15 bits per heavy atom. The van der Waals surface area contributed by atoms with Gasteiger partial charge in [0.05, 0.1) is 0 Å². The van der Waals surface area contributed by atoms with E-state index in [-0.39, 0.29) is 0 Å². The lowest BCUT2D eigenvalue weighted by molar-refractivity contribution is 0.341. The molecule has 0 amide bonds. The van der Waals surface area contributed by atoms with Crippen molar-refractivity contribution in [3.8, 4) is 0 Å². The topological polar surface area (TPSA) is 15.3 Å². The molecule has 1 atom stereocenters. The number of hydrogen-bond acceptors (Lipinski definition) is 2. The van der Waals surface area contributed by atoms with Gasteiger partial charge in [0.1, 0.15) is 0 Å². The lowest BCUT2D eigenvalue weighted by atomic mass is 9.86. The maximum absolute atomic E-state index is 3.47. The highest BCUT2D eigenvalue weighted by atomic mass is 15.1. The highest BCUT2D eigenvalue weighted by molar-refractivity contribution is 5.48. The van der Waals surface area contributed by atoms with Gasteiger partial charge in [-0.1, -0.05) is 26.0 Å². The van der Waals surface area contributed by atoms with E-state index in [4.69, 9.17) is 0 Å². The summed E-state index contributed by atoms with van der Waals surface area (Å²) in [5.41, 5.74) is 2.73. The van der Waals surface area contributed by atoms with Crippen LogP contribution in [-0.2, 0) is 0 Å². The summed E-state index contributed by atoms with van der Waals surface area (Å²) in [4.78, 5) is 2.48. The fourth-order valence-corrected chi connectivity index (χ4v) is 3.26. The van der Waals surface area contributed by atoms with Crippen molar-refractivity contribution in [2.45, 2.75) is 58.5 Å². The molecule has 0 bridgehead atoms. The molecule has 1 aromatic carbocycles. The second-order valence-electron chi connectivity index (χ2n) is 6.40. The predicted octanol–water partition coefficient (Wildman–Crippen LogP) is 4.37. The molecule has 2 heteroatoms. The molecule has 0 aromatic heterocycles. The van der Waals surface area contributed by atoms with Crippen LogP contribution in [0.5, 0.6) is 0 Å². The standard InChI is InChI=1S/C18H30N2/c1-5-19-15(3)16-8-12-18(13-9-16)20(4)17-10-6-14(2)7-11-17/h8-9,12-15,17,19H,5-7,10-11H2,1-4H3. The van der Waals surface area contributed by atoms with Crippen LogP contribution < -0.4 is 10.2 Å². The Bertz CT molecular complexity index is 390. The van der Waals surface area contributed by atoms with Crippen molar-refractivity contribution in [1.29, 1.82) is 0 Å². The molecule has 2 rings (SSSR count). The molecule has 1 aliphatic rings. The number of hydrogen-bond donors (Lipinski definition) is 1. The van der Waals surface area contributed by atoms with E-state index < -0.39 is 0 Å². The van der Waals surface area contributed by atoms with Gasteiger partial charge in [0, 0.05) is 24.8 Å². The molecule has 0 heterocycles. The number of nitrogens with zero attached hydrogens (tertiary/aromatic N) is 1. The fraction of sp³-hybridized carbons (Fsp3) is 0.667.